The van der Waals surface area contributed by atoms with Crippen molar-refractivity contribution in [3.8, 4) is 0 Å². The van der Waals surface area contributed by atoms with Crippen LogP contribution >= 0.6 is 11.6 Å². The van der Waals surface area contributed by atoms with Crippen molar-refractivity contribution in [1.82, 2.24) is 10.2 Å². The monoisotopic (exact) mass is 362 g/mol. The van der Waals surface area contributed by atoms with Crippen LogP contribution < -0.4 is 5.32 Å². The molecule has 4 atom stereocenters. The van der Waals surface area contributed by atoms with E-state index >= 15 is 0 Å². The van der Waals surface area contributed by atoms with Gasteiger partial charge < -0.3 is 15.0 Å². The summed E-state index contributed by atoms with van der Waals surface area (Å²) in [5.74, 6) is 0.611. The topological polar surface area (TPSA) is 58.6 Å². The second kappa shape index (κ2) is 6.29. The molecule has 6 heteroatoms. The van der Waals surface area contributed by atoms with Crippen LogP contribution in [0.3, 0.4) is 0 Å². The van der Waals surface area contributed by atoms with Gasteiger partial charge in [0.2, 0.25) is 5.91 Å². The Hall–Kier alpha value is -1.59. The number of carbonyl (C=O) groups is 2. The molecule has 3 aliphatic heterocycles. The SMILES string of the molecule is CCC(=O)N1C[C@@H]2[C@H](CNC(=O)c3ccccc3Cl)[C@H]3CC[C@]2(C1)O3. The zero-order valence-electron chi connectivity index (χ0n) is 14.3. The van der Waals surface area contributed by atoms with Crippen molar-refractivity contribution in [3.63, 3.8) is 0 Å². The lowest BCUT2D eigenvalue weighted by Crippen LogP contribution is -2.41. The first-order chi connectivity index (χ1) is 12.0. The van der Waals surface area contributed by atoms with Crippen molar-refractivity contribution in [2.24, 2.45) is 11.8 Å². The summed E-state index contributed by atoms with van der Waals surface area (Å²) in [7, 11) is 0. The quantitative estimate of drug-likeness (QED) is 0.895. The van der Waals surface area contributed by atoms with Crippen LogP contribution in [0.4, 0.5) is 0 Å². The Labute approximate surface area is 152 Å². The molecule has 0 aliphatic carbocycles. The Balaban J connectivity index is 1.44. The molecule has 4 rings (SSSR count). The summed E-state index contributed by atoms with van der Waals surface area (Å²) in [4.78, 5) is 26.5. The van der Waals surface area contributed by atoms with E-state index in [0.29, 0.717) is 36.0 Å². The molecule has 0 radical (unpaired) electrons. The smallest absolute Gasteiger partial charge is 0.252 e. The van der Waals surface area contributed by atoms with Gasteiger partial charge in [0.05, 0.1) is 28.8 Å². The first kappa shape index (κ1) is 16.9. The van der Waals surface area contributed by atoms with E-state index in [-0.39, 0.29) is 29.4 Å². The lowest BCUT2D eigenvalue weighted by atomic mass is 9.73. The summed E-state index contributed by atoms with van der Waals surface area (Å²) in [5.41, 5.74) is 0.312. The van der Waals surface area contributed by atoms with Gasteiger partial charge >= 0.3 is 0 Å². The number of hydrogen-bond acceptors (Lipinski definition) is 3. The summed E-state index contributed by atoms with van der Waals surface area (Å²) in [6, 6.07) is 7.07. The molecule has 0 saturated carbocycles. The number of amides is 2. The van der Waals surface area contributed by atoms with Crippen LogP contribution in [0.25, 0.3) is 0 Å². The molecule has 0 unspecified atom stereocenters. The fourth-order valence-electron chi connectivity index (χ4n) is 4.83. The Morgan fingerprint density at radius 1 is 1.40 bits per heavy atom. The number of fused-ring (bicyclic) bond motifs is 1. The van der Waals surface area contributed by atoms with E-state index in [1.165, 1.54) is 0 Å². The van der Waals surface area contributed by atoms with Crippen LogP contribution in [0.5, 0.6) is 0 Å². The number of ether oxygens (including phenoxy) is 1. The van der Waals surface area contributed by atoms with Crippen molar-refractivity contribution in [2.75, 3.05) is 19.6 Å². The van der Waals surface area contributed by atoms with Crippen molar-refractivity contribution in [3.05, 3.63) is 34.9 Å². The van der Waals surface area contributed by atoms with Gasteiger partial charge in [0.25, 0.3) is 5.91 Å². The standard InChI is InChI=1S/C19H23ClN2O3/c1-2-17(23)22-10-14-13(16-7-8-19(14,11-22)25-16)9-21-18(24)12-5-3-4-6-15(12)20/h3-6,13-14,16H,2,7-11H2,1H3,(H,21,24)/t13-,14+,16+,19+/m0/s1. The molecule has 134 valence electrons. The molecule has 1 aromatic rings. The first-order valence-electron chi connectivity index (χ1n) is 9.02. The molecule has 1 spiro atoms. The Morgan fingerprint density at radius 3 is 2.96 bits per heavy atom. The molecule has 0 aromatic heterocycles. The highest BCUT2D eigenvalue weighted by molar-refractivity contribution is 6.33. The minimum atomic E-state index is -0.185. The normalized spacial score (nSPS) is 32.7. The third-order valence-corrected chi connectivity index (χ3v) is 6.39. The minimum Gasteiger partial charge on any atom is -0.369 e. The number of hydrogen-bond donors (Lipinski definition) is 1. The molecule has 3 heterocycles. The maximum atomic E-state index is 12.4. The zero-order chi connectivity index (χ0) is 17.6. The molecule has 25 heavy (non-hydrogen) atoms. The first-order valence-corrected chi connectivity index (χ1v) is 9.40. The van der Waals surface area contributed by atoms with Crippen molar-refractivity contribution < 1.29 is 14.3 Å². The highest BCUT2D eigenvalue weighted by atomic mass is 35.5. The molecule has 1 N–H and O–H groups in total. The molecule has 3 saturated heterocycles. The van der Waals surface area contributed by atoms with E-state index < -0.39 is 0 Å². The average Bonchev–Trinajstić information content (AvgIpc) is 3.27. The Bertz CT molecular complexity index is 710. The summed E-state index contributed by atoms with van der Waals surface area (Å²) in [6.45, 7) is 3.91. The van der Waals surface area contributed by atoms with Gasteiger partial charge in [0.15, 0.2) is 0 Å². The maximum Gasteiger partial charge on any atom is 0.252 e. The van der Waals surface area contributed by atoms with Gasteiger partial charge in [-0.25, -0.2) is 0 Å². The zero-order valence-corrected chi connectivity index (χ0v) is 15.1. The Kier molecular flexibility index (Phi) is 4.24. The van der Waals surface area contributed by atoms with Crippen LogP contribution in [-0.4, -0.2) is 48.1 Å². The van der Waals surface area contributed by atoms with Crippen LogP contribution in [0.15, 0.2) is 24.3 Å². The molecular formula is C19H23ClN2O3. The average molecular weight is 363 g/mol. The minimum absolute atomic E-state index is 0.151. The second-order valence-electron chi connectivity index (χ2n) is 7.35. The van der Waals surface area contributed by atoms with Crippen molar-refractivity contribution in [2.45, 2.75) is 37.9 Å². The van der Waals surface area contributed by atoms with Crippen LogP contribution in [-0.2, 0) is 9.53 Å². The van der Waals surface area contributed by atoms with E-state index in [0.717, 1.165) is 19.4 Å². The predicted molar refractivity (Wildman–Crippen MR) is 94.5 cm³/mol. The van der Waals surface area contributed by atoms with E-state index in [2.05, 4.69) is 5.32 Å². The summed E-state index contributed by atoms with van der Waals surface area (Å²) >= 11 is 6.11. The summed E-state index contributed by atoms with van der Waals surface area (Å²) in [5, 5.41) is 3.49. The van der Waals surface area contributed by atoms with Gasteiger partial charge in [-0.1, -0.05) is 30.7 Å². The second-order valence-corrected chi connectivity index (χ2v) is 7.75. The molecule has 3 aliphatic rings. The van der Waals surface area contributed by atoms with Gasteiger partial charge in [-0.2, -0.15) is 0 Å². The molecule has 1 aromatic carbocycles. The number of carbonyl (C=O) groups excluding carboxylic acids is 2. The van der Waals surface area contributed by atoms with Gasteiger partial charge in [0.1, 0.15) is 0 Å². The number of halogens is 1. The summed E-state index contributed by atoms with van der Waals surface area (Å²) in [6.07, 6.45) is 2.75. The fourth-order valence-corrected chi connectivity index (χ4v) is 5.05. The third-order valence-electron chi connectivity index (χ3n) is 6.06. The van der Waals surface area contributed by atoms with Gasteiger partial charge in [-0.15, -0.1) is 0 Å². The lowest BCUT2D eigenvalue weighted by Gasteiger charge is -2.29. The molecule has 3 fully saturated rings. The molecular weight excluding hydrogens is 340 g/mol. The predicted octanol–water partition coefficient (Wildman–Crippen LogP) is 2.49. The molecule has 2 amide bonds. The highest BCUT2D eigenvalue weighted by Crippen LogP contribution is 2.54. The highest BCUT2D eigenvalue weighted by Gasteiger charge is 2.63. The number of benzene rings is 1. The van der Waals surface area contributed by atoms with Gasteiger partial charge in [-0.3, -0.25) is 9.59 Å². The number of rotatable bonds is 4. The third kappa shape index (κ3) is 2.74. The van der Waals surface area contributed by atoms with E-state index in [9.17, 15) is 9.59 Å². The largest absolute Gasteiger partial charge is 0.369 e. The van der Waals surface area contributed by atoms with E-state index in [1.54, 1.807) is 12.1 Å². The van der Waals surface area contributed by atoms with Crippen molar-refractivity contribution >= 4 is 23.4 Å². The van der Waals surface area contributed by atoms with Crippen LogP contribution in [0.1, 0.15) is 36.5 Å². The van der Waals surface area contributed by atoms with Gasteiger partial charge in [-0.05, 0) is 25.0 Å². The maximum absolute atomic E-state index is 12.4. The summed E-state index contributed by atoms with van der Waals surface area (Å²) < 4.78 is 6.31. The molecule has 2 bridgehead atoms. The van der Waals surface area contributed by atoms with Gasteiger partial charge in [0, 0.05) is 31.3 Å². The van der Waals surface area contributed by atoms with Crippen LogP contribution in [0.2, 0.25) is 5.02 Å². The number of nitrogens with one attached hydrogen (secondary N) is 1. The number of likely N-dealkylation sites (tertiary alicyclic amines) is 1. The lowest BCUT2D eigenvalue weighted by molar-refractivity contribution is -0.131. The fraction of sp³-hybridized carbons (Fsp3) is 0.579. The Morgan fingerprint density at radius 2 is 2.20 bits per heavy atom. The van der Waals surface area contributed by atoms with E-state index in [4.69, 9.17) is 16.3 Å². The van der Waals surface area contributed by atoms with Crippen molar-refractivity contribution in [1.29, 1.82) is 0 Å². The van der Waals surface area contributed by atoms with E-state index in [1.807, 2.05) is 24.0 Å². The van der Waals surface area contributed by atoms with Crippen LogP contribution in [0, 0.1) is 11.8 Å². The number of nitrogens with zero attached hydrogens (tertiary/aromatic N) is 1. The molecule has 5 nitrogen and oxygen atoms in total.